The molecule has 1 saturated heterocycles. The van der Waals surface area contributed by atoms with E-state index in [9.17, 15) is 9.59 Å². The number of imide groups is 1. The zero-order chi connectivity index (χ0) is 23.7. The Morgan fingerprint density at radius 3 is 1.48 bits per heavy atom. The Kier molecular flexibility index (Phi) is 26.6. The van der Waals surface area contributed by atoms with Gasteiger partial charge < -0.3 is 10.2 Å². The zero-order valence-electron chi connectivity index (χ0n) is 17.0. The number of amides is 2. The molecule has 0 aromatic heterocycles. The molecule has 178 valence electrons. The molecule has 0 spiro atoms. The number of hydrogen-bond donors (Lipinski definition) is 2. The van der Waals surface area contributed by atoms with Crippen LogP contribution in [0.2, 0.25) is 0 Å². The Bertz CT molecular complexity index is 721. The van der Waals surface area contributed by atoms with Gasteiger partial charge in [0.05, 0.1) is 0 Å². The molecule has 0 bridgehead atoms. The van der Waals surface area contributed by atoms with Gasteiger partial charge in [-0.25, -0.2) is 0 Å². The minimum absolute atomic E-state index is 0. The number of likely N-dealkylation sites (tertiary alicyclic amines) is 1. The van der Waals surface area contributed by atoms with Crippen molar-refractivity contribution < 1.29 is 33.1 Å². The summed E-state index contributed by atoms with van der Waals surface area (Å²) >= 11 is 9.54. The van der Waals surface area contributed by atoms with Crippen LogP contribution >= 0.6 is 74.5 Å². The first kappa shape index (κ1) is 36.4. The second-order valence-electron chi connectivity index (χ2n) is 6.03. The molecule has 2 aromatic carbocycles. The number of benzene rings is 2. The van der Waals surface area contributed by atoms with Gasteiger partial charge in [0.25, 0.3) is 0 Å². The van der Waals surface area contributed by atoms with Crippen LogP contribution in [0.4, 0.5) is 0 Å². The van der Waals surface area contributed by atoms with Crippen LogP contribution in [-0.4, -0.2) is 34.0 Å². The number of halogens is 5. The predicted molar refractivity (Wildman–Crippen MR) is 160 cm³/mol. The number of aryl methyl sites for hydroxylation is 3. The van der Waals surface area contributed by atoms with E-state index in [4.69, 9.17) is 10.2 Å². The van der Waals surface area contributed by atoms with Crippen LogP contribution in [0, 0.1) is 20.8 Å². The topological polar surface area (TPSA) is 77.8 Å². The Balaban J connectivity index is -0.000000339. The standard InChI is InChI=1S/C8H10O.C7H8O.C5H7NO2.CH4.I3.I2/c1-6-3-4-8(9)7(2)5-6;1-6-2-4-7(8)5-3-6;1-6-4(7)2-3-5(6)8;;1-3-2;1-2/h3-5,9H,1-2H3;2-5,8H,1H3;2-3H2,1H3;1H4;;/q;;;;-1;. The van der Waals surface area contributed by atoms with Crippen LogP contribution < -0.4 is 13.3 Å². The number of carbonyl (C=O) groups excluding carboxylic acids is 2. The fraction of sp³-hybridized carbons (Fsp3) is 0.333. The van der Waals surface area contributed by atoms with Crippen molar-refractivity contribution in [3.05, 3.63) is 59.2 Å². The molecule has 1 fully saturated rings. The first-order valence-corrected chi connectivity index (χ1v) is 27.3. The molecule has 10 heteroatoms. The van der Waals surface area contributed by atoms with Crippen molar-refractivity contribution in [3.8, 4) is 11.5 Å². The molecule has 0 saturated carbocycles. The second-order valence-corrected chi connectivity index (χ2v) is 22.3. The van der Waals surface area contributed by atoms with Gasteiger partial charge in [0.1, 0.15) is 11.5 Å². The molecule has 2 N–H and O–H groups in total. The van der Waals surface area contributed by atoms with Crippen LogP contribution in [0.15, 0.2) is 42.5 Å². The molecule has 1 aliphatic rings. The van der Waals surface area contributed by atoms with E-state index in [0.717, 1.165) is 5.56 Å². The fourth-order valence-electron chi connectivity index (χ4n) is 2.04. The van der Waals surface area contributed by atoms with Crippen molar-refractivity contribution in [2.75, 3.05) is 7.05 Å². The van der Waals surface area contributed by atoms with E-state index in [2.05, 4.69) is 74.5 Å². The molecular weight excluding hydrogens is 965 g/mol. The van der Waals surface area contributed by atoms with Gasteiger partial charge in [0.15, 0.2) is 0 Å². The third-order valence-electron chi connectivity index (χ3n) is 3.69. The van der Waals surface area contributed by atoms with Crippen LogP contribution in [0.25, 0.3) is 0 Å². The minimum atomic E-state index is -0.0602. The maximum absolute atomic E-state index is 10.5. The van der Waals surface area contributed by atoms with E-state index >= 15 is 0 Å². The summed E-state index contributed by atoms with van der Waals surface area (Å²) in [6.07, 6.45) is 0.796. The van der Waals surface area contributed by atoms with E-state index in [-0.39, 0.29) is 19.2 Å². The quantitative estimate of drug-likeness (QED) is 0.298. The van der Waals surface area contributed by atoms with E-state index < -0.39 is 0 Å². The van der Waals surface area contributed by atoms with Gasteiger partial charge in [0, 0.05) is 57.1 Å². The first-order chi connectivity index (χ1) is 14.1. The Labute approximate surface area is 239 Å². The molecule has 2 aromatic rings. The number of hydrogen-bond acceptors (Lipinski definition) is 4. The van der Waals surface area contributed by atoms with E-state index in [1.165, 1.54) is 23.1 Å². The van der Waals surface area contributed by atoms with E-state index in [0.29, 0.717) is 37.6 Å². The maximum atomic E-state index is 10.5. The average Bonchev–Trinajstić information content (AvgIpc) is 3.01. The zero-order valence-corrected chi connectivity index (χ0v) is 27.8. The summed E-state index contributed by atoms with van der Waals surface area (Å²) in [4.78, 5) is 22.1. The van der Waals surface area contributed by atoms with Crippen molar-refractivity contribution in [2.24, 2.45) is 0 Å². The third-order valence-corrected chi connectivity index (χ3v) is 3.69. The molecule has 5 nitrogen and oxygen atoms in total. The number of carbonyl (C=O) groups is 2. The van der Waals surface area contributed by atoms with Gasteiger partial charge in [-0.05, 0) is 44.5 Å². The molecule has 2 amide bonds. The third kappa shape index (κ3) is 18.9. The van der Waals surface area contributed by atoms with Gasteiger partial charge in [0.2, 0.25) is 11.8 Å². The van der Waals surface area contributed by atoms with Crippen molar-refractivity contribution >= 4 is 86.3 Å². The monoisotopic (exact) mass is 994 g/mol. The number of aromatic hydroxyl groups is 2. The van der Waals surface area contributed by atoms with Gasteiger partial charge in [-0.3, -0.25) is 14.5 Å². The Hall–Kier alpha value is 0.830. The molecule has 1 aliphatic heterocycles. The van der Waals surface area contributed by atoms with Crippen LogP contribution in [0.1, 0.15) is 37.0 Å². The molecule has 1 heterocycles. The van der Waals surface area contributed by atoms with Gasteiger partial charge in [-0.2, -0.15) is 0 Å². The van der Waals surface area contributed by atoms with Gasteiger partial charge in [-0.1, -0.05) is 42.8 Å². The number of phenols is 2. The summed E-state index contributed by atoms with van der Waals surface area (Å²) in [7, 11) is 1.51. The van der Waals surface area contributed by atoms with Crippen molar-refractivity contribution in [1.82, 2.24) is 4.90 Å². The summed E-state index contributed by atoms with van der Waals surface area (Å²) in [5.41, 5.74) is 3.29. The second kappa shape index (κ2) is 22.6. The molecule has 0 atom stereocenters. The summed E-state index contributed by atoms with van der Waals surface area (Å²) in [6.45, 7) is 5.88. The molecule has 3 rings (SSSR count). The number of nitrogens with zero attached hydrogens (tertiary/aromatic N) is 1. The van der Waals surface area contributed by atoms with E-state index in [1.807, 2.05) is 45.0 Å². The van der Waals surface area contributed by atoms with Crippen molar-refractivity contribution in [1.29, 1.82) is 0 Å². The molecule has 0 aliphatic carbocycles. The predicted octanol–water partition coefficient (Wildman–Crippen LogP) is 4.66. The fourth-order valence-corrected chi connectivity index (χ4v) is 2.04. The molecule has 0 unspecified atom stereocenters. The average molecular weight is 994 g/mol. The summed E-state index contributed by atoms with van der Waals surface area (Å²) in [5.74, 6) is 0.584. The van der Waals surface area contributed by atoms with Crippen LogP contribution in [0.3, 0.4) is 0 Å². The van der Waals surface area contributed by atoms with Gasteiger partial charge >= 0.3 is 50.5 Å². The Morgan fingerprint density at radius 1 is 0.839 bits per heavy atom. The summed E-state index contributed by atoms with van der Waals surface area (Å²) < 4.78 is 0. The first-order valence-electron chi connectivity index (χ1n) is 8.44. The normalized spacial score (nSPS) is 11.3. The van der Waals surface area contributed by atoms with Gasteiger partial charge in [-0.15, -0.1) is 0 Å². The summed E-state index contributed by atoms with van der Waals surface area (Å²) in [5, 5.41) is 17.8. The van der Waals surface area contributed by atoms with Crippen molar-refractivity contribution in [2.45, 2.75) is 41.0 Å². The Morgan fingerprint density at radius 2 is 1.23 bits per heavy atom. The number of rotatable bonds is 0. The van der Waals surface area contributed by atoms with Crippen molar-refractivity contribution in [3.63, 3.8) is 0 Å². The number of phenolic OH excluding ortho intramolecular Hbond substituents is 2. The van der Waals surface area contributed by atoms with Crippen LogP contribution in [0.5, 0.6) is 11.5 Å². The molecular formula is C21H29I5NO4-. The van der Waals surface area contributed by atoms with Crippen LogP contribution in [-0.2, 0) is 9.59 Å². The van der Waals surface area contributed by atoms with E-state index in [1.54, 1.807) is 18.2 Å². The molecule has 31 heavy (non-hydrogen) atoms. The summed E-state index contributed by atoms with van der Waals surface area (Å²) in [6, 6.07) is 12.7. The SMILES string of the molecule is C.CN1C(=O)CCC1=O.Cc1ccc(O)c(C)c1.Cc1ccc(O)cc1.II.I[I-]I. The molecule has 0 radical (unpaired) electrons.